The summed E-state index contributed by atoms with van der Waals surface area (Å²) in [5.41, 5.74) is 0.991. The molecule has 0 saturated carbocycles. The summed E-state index contributed by atoms with van der Waals surface area (Å²) in [5.74, 6) is 0. The molecule has 0 fully saturated rings. The van der Waals surface area contributed by atoms with E-state index in [0.717, 1.165) is 5.56 Å². The Hall–Kier alpha value is -0.340. The first kappa shape index (κ1) is 10.7. The smallest absolute Gasteiger partial charge is 0.323 e. The molecule has 1 atom stereocenters. The monoisotopic (exact) mass is 220 g/mol. The van der Waals surface area contributed by atoms with Gasteiger partial charge in [-0.05, 0) is 12.0 Å². The Kier molecular flexibility index (Phi) is 3.94. The molecular formula is C8H10ClO3P. The van der Waals surface area contributed by atoms with Crippen LogP contribution in [0.5, 0.6) is 0 Å². The number of benzene rings is 1. The second-order valence-electron chi connectivity index (χ2n) is 2.67. The highest BCUT2D eigenvalue weighted by molar-refractivity contribution is 7.53. The van der Waals surface area contributed by atoms with Crippen LogP contribution in [0, 0.1) is 0 Å². The van der Waals surface area contributed by atoms with Gasteiger partial charge < -0.3 is 4.89 Å². The molecule has 13 heavy (non-hydrogen) atoms. The van der Waals surface area contributed by atoms with Crippen LogP contribution in [0.15, 0.2) is 30.3 Å². The van der Waals surface area contributed by atoms with Crippen LogP contribution in [0.2, 0.25) is 0 Å². The average Bonchev–Trinajstić information content (AvgIpc) is 2.17. The summed E-state index contributed by atoms with van der Waals surface area (Å²) < 4.78 is 14.9. The molecule has 0 aliphatic rings. The number of hydrogen-bond donors (Lipinski definition) is 1. The third kappa shape index (κ3) is 3.92. The van der Waals surface area contributed by atoms with Crippen molar-refractivity contribution in [2.45, 2.75) is 6.42 Å². The summed E-state index contributed by atoms with van der Waals surface area (Å²) in [7, 11) is -3.57. The lowest BCUT2D eigenvalue weighted by atomic mass is 10.2. The molecule has 1 unspecified atom stereocenters. The number of hydrogen-bond acceptors (Lipinski definition) is 2. The molecule has 0 heterocycles. The zero-order chi connectivity index (χ0) is 9.73. The molecule has 5 heteroatoms. The Bertz CT molecular complexity index is 302. The van der Waals surface area contributed by atoms with Gasteiger partial charge in [0.2, 0.25) is 0 Å². The molecule has 0 amide bonds. The Balaban J connectivity index is 2.49. The van der Waals surface area contributed by atoms with Crippen LogP contribution < -0.4 is 0 Å². The van der Waals surface area contributed by atoms with Gasteiger partial charge >= 0.3 is 7.60 Å². The second kappa shape index (κ2) is 4.77. The molecule has 1 rings (SSSR count). The van der Waals surface area contributed by atoms with Gasteiger partial charge in [0.1, 0.15) is 0 Å². The minimum atomic E-state index is -3.57. The van der Waals surface area contributed by atoms with E-state index in [2.05, 4.69) is 4.08 Å². The van der Waals surface area contributed by atoms with Crippen LogP contribution in [0.25, 0.3) is 0 Å². The topological polar surface area (TPSA) is 46.5 Å². The van der Waals surface area contributed by atoms with Crippen molar-refractivity contribution in [2.75, 3.05) is 6.16 Å². The van der Waals surface area contributed by atoms with Crippen molar-refractivity contribution < 1.29 is 13.5 Å². The predicted octanol–water partition coefficient (Wildman–Crippen LogP) is 2.58. The molecule has 72 valence electrons. The first-order chi connectivity index (χ1) is 6.14. The van der Waals surface area contributed by atoms with E-state index in [1.807, 2.05) is 30.3 Å². The third-order valence-corrected chi connectivity index (χ3v) is 3.29. The van der Waals surface area contributed by atoms with Crippen molar-refractivity contribution >= 4 is 19.5 Å². The van der Waals surface area contributed by atoms with Gasteiger partial charge in [0.25, 0.3) is 0 Å². The Labute approximate surface area is 82.0 Å². The molecule has 1 N–H and O–H groups in total. The second-order valence-corrected chi connectivity index (χ2v) is 4.94. The molecule has 3 nitrogen and oxygen atoms in total. The number of rotatable bonds is 4. The van der Waals surface area contributed by atoms with Crippen LogP contribution in [-0.4, -0.2) is 11.1 Å². The van der Waals surface area contributed by atoms with E-state index in [1.165, 1.54) is 0 Å². The lowest BCUT2D eigenvalue weighted by molar-refractivity contribution is 0.393. The van der Waals surface area contributed by atoms with E-state index in [0.29, 0.717) is 6.42 Å². The minimum Gasteiger partial charge on any atom is -0.323 e. The minimum absolute atomic E-state index is 0.0422. The van der Waals surface area contributed by atoms with E-state index in [4.69, 9.17) is 16.8 Å². The maximum Gasteiger partial charge on any atom is 0.344 e. The molecular weight excluding hydrogens is 211 g/mol. The van der Waals surface area contributed by atoms with Gasteiger partial charge in [-0.15, -0.1) is 0 Å². The highest BCUT2D eigenvalue weighted by atomic mass is 35.5. The number of halogens is 1. The van der Waals surface area contributed by atoms with Gasteiger partial charge in [0.15, 0.2) is 0 Å². The summed E-state index contributed by atoms with van der Waals surface area (Å²) in [4.78, 5) is 8.99. The molecule has 0 saturated heterocycles. The summed E-state index contributed by atoms with van der Waals surface area (Å²) in [5, 5.41) is 0. The first-order valence-electron chi connectivity index (χ1n) is 3.80. The fourth-order valence-electron chi connectivity index (χ4n) is 0.950. The molecule has 0 aliphatic heterocycles. The van der Waals surface area contributed by atoms with E-state index < -0.39 is 7.60 Å². The maximum absolute atomic E-state index is 11.0. The van der Waals surface area contributed by atoms with Crippen LogP contribution in [0.1, 0.15) is 5.56 Å². The van der Waals surface area contributed by atoms with Crippen molar-refractivity contribution in [1.82, 2.24) is 0 Å². The standard InChI is InChI=1S/C8H10ClO3P/c9-12-13(10,11)7-6-8-4-2-1-3-5-8/h1-5H,6-7H2,(H,10,11). The van der Waals surface area contributed by atoms with Crippen molar-refractivity contribution in [3.8, 4) is 0 Å². The van der Waals surface area contributed by atoms with E-state index >= 15 is 0 Å². The normalized spacial score (nSPS) is 15.2. The van der Waals surface area contributed by atoms with Gasteiger partial charge in [-0.25, -0.2) is 0 Å². The number of aryl methyl sites for hydroxylation is 1. The van der Waals surface area contributed by atoms with Gasteiger partial charge in [-0.1, -0.05) is 30.3 Å². The fraction of sp³-hybridized carbons (Fsp3) is 0.250. The van der Waals surface area contributed by atoms with E-state index in [9.17, 15) is 4.57 Å². The van der Waals surface area contributed by atoms with Crippen LogP contribution in [0.4, 0.5) is 0 Å². The SMILES string of the molecule is O=P(O)(CCc1ccccc1)OCl. The van der Waals surface area contributed by atoms with Gasteiger partial charge in [-0.3, -0.25) is 4.57 Å². The summed E-state index contributed by atoms with van der Waals surface area (Å²) in [6.07, 6.45) is 0.530. The summed E-state index contributed by atoms with van der Waals surface area (Å²) >= 11 is 4.85. The lowest BCUT2D eigenvalue weighted by Crippen LogP contribution is -1.93. The highest BCUT2D eigenvalue weighted by Gasteiger charge is 2.17. The molecule has 0 bridgehead atoms. The van der Waals surface area contributed by atoms with Crippen molar-refractivity contribution in [2.24, 2.45) is 0 Å². The molecule has 0 spiro atoms. The Morgan fingerprint density at radius 2 is 2.00 bits per heavy atom. The first-order valence-corrected chi connectivity index (χ1v) is 5.87. The zero-order valence-corrected chi connectivity index (χ0v) is 8.54. The molecule has 0 aliphatic carbocycles. The lowest BCUT2D eigenvalue weighted by Gasteiger charge is -2.05. The van der Waals surface area contributed by atoms with Gasteiger partial charge in [0, 0.05) is 0 Å². The zero-order valence-electron chi connectivity index (χ0n) is 6.89. The van der Waals surface area contributed by atoms with Crippen LogP contribution in [-0.2, 0) is 15.1 Å². The molecule has 0 radical (unpaired) electrons. The predicted molar refractivity (Wildman–Crippen MR) is 51.8 cm³/mol. The molecule has 0 aromatic heterocycles. The highest BCUT2D eigenvalue weighted by Crippen LogP contribution is 2.43. The van der Waals surface area contributed by atoms with Crippen LogP contribution >= 0.6 is 19.5 Å². The Morgan fingerprint density at radius 1 is 1.38 bits per heavy atom. The average molecular weight is 221 g/mol. The summed E-state index contributed by atoms with van der Waals surface area (Å²) in [6, 6.07) is 9.40. The van der Waals surface area contributed by atoms with Gasteiger partial charge in [0.05, 0.1) is 18.0 Å². The maximum atomic E-state index is 11.0. The van der Waals surface area contributed by atoms with E-state index in [1.54, 1.807) is 0 Å². The van der Waals surface area contributed by atoms with Gasteiger partial charge in [-0.2, -0.15) is 4.08 Å². The molecule has 1 aromatic carbocycles. The largest absolute Gasteiger partial charge is 0.344 e. The fourth-order valence-corrected chi connectivity index (χ4v) is 1.77. The van der Waals surface area contributed by atoms with E-state index in [-0.39, 0.29) is 6.16 Å². The van der Waals surface area contributed by atoms with Crippen molar-refractivity contribution in [1.29, 1.82) is 0 Å². The molecule has 1 aromatic rings. The van der Waals surface area contributed by atoms with Crippen molar-refractivity contribution in [3.05, 3.63) is 35.9 Å². The third-order valence-electron chi connectivity index (χ3n) is 1.63. The summed E-state index contributed by atoms with van der Waals surface area (Å²) in [6.45, 7) is 0. The quantitative estimate of drug-likeness (QED) is 0.794. The van der Waals surface area contributed by atoms with Crippen molar-refractivity contribution in [3.63, 3.8) is 0 Å². The Morgan fingerprint density at radius 3 is 2.54 bits per heavy atom. The van der Waals surface area contributed by atoms with Crippen LogP contribution in [0.3, 0.4) is 0 Å².